The minimum absolute atomic E-state index is 0.252. The van der Waals surface area contributed by atoms with E-state index in [4.69, 9.17) is 14.9 Å². The highest BCUT2D eigenvalue weighted by Gasteiger charge is 2.17. The molecule has 4 heteroatoms. The SMILES string of the molecule is COc1ccc(N)c(C(=O)c2cc3ccccc3o2)c1. The zero-order valence-corrected chi connectivity index (χ0v) is 10.9. The standard InChI is InChI=1S/C16H13NO3/c1-19-11-6-7-13(17)12(9-11)16(18)15-8-10-4-2-3-5-14(10)20-15/h2-9H,17H2,1H3. The third-order valence-corrected chi connectivity index (χ3v) is 3.15. The maximum Gasteiger partial charge on any atom is 0.230 e. The highest BCUT2D eigenvalue weighted by atomic mass is 16.5. The van der Waals surface area contributed by atoms with Gasteiger partial charge in [0.25, 0.3) is 0 Å². The second kappa shape index (κ2) is 4.74. The quantitative estimate of drug-likeness (QED) is 0.584. The lowest BCUT2D eigenvalue weighted by Gasteiger charge is -2.05. The zero-order chi connectivity index (χ0) is 14.1. The Balaban J connectivity index is 2.07. The van der Waals surface area contributed by atoms with Crippen LogP contribution < -0.4 is 10.5 Å². The van der Waals surface area contributed by atoms with Crippen molar-refractivity contribution in [2.45, 2.75) is 0 Å². The van der Waals surface area contributed by atoms with E-state index in [0.717, 1.165) is 5.39 Å². The molecular formula is C16H13NO3. The van der Waals surface area contributed by atoms with Gasteiger partial charge in [0, 0.05) is 11.1 Å². The summed E-state index contributed by atoms with van der Waals surface area (Å²) in [6.07, 6.45) is 0. The third kappa shape index (κ3) is 2.01. The molecule has 3 rings (SSSR count). The molecule has 0 bridgehead atoms. The van der Waals surface area contributed by atoms with E-state index in [2.05, 4.69) is 0 Å². The predicted molar refractivity (Wildman–Crippen MR) is 77.1 cm³/mol. The first kappa shape index (κ1) is 12.3. The van der Waals surface area contributed by atoms with Crippen molar-refractivity contribution in [3.63, 3.8) is 0 Å². The number of hydrogen-bond donors (Lipinski definition) is 1. The van der Waals surface area contributed by atoms with Crippen LogP contribution in [0.3, 0.4) is 0 Å². The topological polar surface area (TPSA) is 65.5 Å². The van der Waals surface area contributed by atoms with Crippen LogP contribution in [0.1, 0.15) is 16.1 Å². The van der Waals surface area contributed by atoms with Crippen molar-refractivity contribution in [1.29, 1.82) is 0 Å². The van der Waals surface area contributed by atoms with Gasteiger partial charge in [-0.1, -0.05) is 18.2 Å². The highest BCUT2D eigenvalue weighted by molar-refractivity contribution is 6.12. The zero-order valence-electron chi connectivity index (χ0n) is 10.9. The lowest BCUT2D eigenvalue weighted by atomic mass is 10.1. The van der Waals surface area contributed by atoms with Crippen LogP contribution in [0, 0.1) is 0 Å². The number of ether oxygens (including phenoxy) is 1. The summed E-state index contributed by atoms with van der Waals surface area (Å²) in [6, 6.07) is 14.2. The molecule has 0 radical (unpaired) electrons. The van der Waals surface area contributed by atoms with E-state index < -0.39 is 0 Å². The first-order chi connectivity index (χ1) is 9.69. The average Bonchev–Trinajstić information content (AvgIpc) is 2.91. The molecule has 0 spiro atoms. The van der Waals surface area contributed by atoms with Gasteiger partial charge in [0.05, 0.1) is 12.7 Å². The summed E-state index contributed by atoms with van der Waals surface area (Å²) in [6.45, 7) is 0. The number of benzene rings is 2. The van der Waals surface area contributed by atoms with Crippen LogP contribution in [0.5, 0.6) is 5.75 Å². The minimum atomic E-state index is -0.252. The fourth-order valence-electron chi connectivity index (χ4n) is 2.09. The van der Waals surface area contributed by atoms with Gasteiger partial charge in [-0.05, 0) is 30.3 Å². The molecule has 1 heterocycles. The highest BCUT2D eigenvalue weighted by Crippen LogP contribution is 2.25. The van der Waals surface area contributed by atoms with Gasteiger partial charge in [-0.2, -0.15) is 0 Å². The van der Waals surface area contributed by atoms with E-state index in [0.29, 0.717) is 22.6 Å². The van der Waals surface area contributed by atoms with E-state index in [1.54, 1.807) is 31.4 Å². The van der Waals surface area contributed by atoms with Crippen LogP contribution in [0.4, 0.5) is 5.69 Å². The van der Waals surface area contributed by atoms with Gasteiger partial charge in [0.15, 0.2) is 5.76 Å². The van der Waals surface area contributed by atoms with Gasteiger partial charge in [-0.15, -0.1) is 0 Å². The van der Waals surface area contributed by atoms with Crippen LogP contribution in [0.2, 0.25) is 0 Å². The summed E-state index contributed by atoms with van der Waals surface area (Å²) in [7, 11) is 1.54. The number of fused-ring (bicyclic) bond motifs is 1. The Kier molecular flexibility index (Phi) is 2.91. The molecule has 0 aliphatic heterocycles. The van der Waals surface area contributed by atoms with E-state index >= 15 is 0 Å². The van der Waals surface area contributed by atoms with Gasteiger partial charge in [-0.3, -0.25) is 4.79 Å². The van der Waals surface area contributed by atoms with E-state index in [-0.39, 0.29) is 11.5 Å². The first-order valence-electron chi connectivity index (χ1n) is 6.16. The summed E-state index contributed by atoms with van der Waals surface area (Å²) in [5.74, 6) is 0.599. The number of para-hydroxylation sites is 1. The summed E-state index contributed by atoms with van der Waals surface area (Å²) in [4.78, 5) is 12.5. The molecule has 1 aromatic heterocycles. The van der Waals surface area contributed by atoms with Crippen molar-refractivity contribution < 1.29 is 13.9 Å². The average molecular weight is 267 g/mol. The molecule has 0 atom stereocenters. The number of carbonyl (C=O) groups is 1. The number of nitrogens with two attached hydrogens (primary N) is 1. The molecule has 20 heavy (non-hydrogen) atoms. The van der Waals surface area contributed by atoms with Gasteiger partial charge in [0.1, 0.15) is 11.3 Å². The predicted octanol–water partition coefficient (Wildman–Crippen LogP) is 3.25. The Morgan fingerprint density at radius 3 is 2.70 bits per heavy atom. The first-order valence-corrected chi connectivity index (χ1v) is 6.16. The molecule has 0 amide bonds. The van der Waals surface area contributed by atoms with Crippen molar-refractivity contribution in [2.75, 3.05) is 12.8 Å². The molecule has 0 saturated heterocycles. The smallest absolute Gasteiger partial charge is 0.230 e. The van der Waals surface area contributed by atoms with Gasteiger partial charge < -0.3 is 14.9 Å². The normalized spacial score (nSPS) is 10.7. The lowest BCUT2D eigenvalue weighted by molar-refractivity contribution is 0.101. The summed E-state index contributed by atoms with van der Waals surface area (Å²) < 4.78 is 10.7. The molecular weight excluding hydrogens is 254 g/mol. The molecule has 100 valence electrons. The molecule has 2 aromatic carbocycles. The van der Waals surface area contributed by atoms with Crippen LogP contribution in [-0.2, 0) is 0 Å². The Bertz CT molecular complexity index is 756. The Morgan fingerprint density at radius 1 is 1.15 bits per heavy atom. The van der Waals surface area contributed by atoms with Crippen molar-refractivity contribution in [3.05, 3.63) is 59.9 Å². The minimum Gasteiger partial charge on any atom is -0.497 e. The summed E-state index contributed by atoms with van der Waals surface area (Å²) in [5.41, 5.74) is 7.31. The number of methoxy groups -OCH3 is 1. The number of hydrogen-bond acceptors (Lipinski definition) is 4. The molecule has 0 unspecified atom stereocenters. The molecule has 0 aliphatic rings. The lowest BCUT2D eigenvalue weighted by Crippen LogP contribution is -2.04. The monoisotopic (exact) mass is 267 g/mol. The van der Waals surface area contributed by atoms with Gasteiger partial charge in [0.2, 0.25) is 5.78 Å². The number of furan rings is 1. The molecule has 0 saturated carbocycles. The Labute approximate surface area is 115 Å². The summed E-state index contributed by atoms with van der Waals surface area (Å²) >= 11 is 0. The third-order valence-electron chi connectivity index (χ3n) is 3.15. The number of anilines is 1. The second-order valence-corrected chi connectivity index (χ2v) is 4.43. The van der Waals surface area contributed by atoms with Gasteiger partial charge >= 0.3 is 0 Å². The molecule has 0 aliphatic carbocycles. The largest absolute Gasteiger partial charge is 0.497 e. The maximum absolute atomic E-state index is 12.5. The maximum atomic E-state index is 12.5. The Hall–Kier alpha value is -2.75. The van der Waals surface area contributed by atoms with E-state index in [9.17, 15) is 4.79 Å². The van der Waals surface area contributed by atoms with Crippen molar-refractivity contribution >= 4 is 22.4 Å². The van der Waals surface area contributed by atoms with E-state index in [1.807, 2.05) is 24.3 Å². The number of rotatable bonds is 3. The van der Waals surface area contributed by atoms with Gasteiger partial charge in [-0.25, -0.2) is 0 Å². The molecule has 3 aromatic rings. The van der Waals surface area contributed by atoms with Crippen LogP contribution in [-0.4, -0.2) is 12.9 Å². The van der Waals surface area contributed by atoms with Crippen molar-refractivity contribution in [1.82, 2.24) is 0 Å². The van der Waals surface area contributed by atoms with Crippen LogP contribution in [0.15, 0.2) is 52.9 Å². The van der Waals surface area contributed by atoms with Crippen LogP contribution in [0.25, 0.3) is 11.0 Å². The molecule has 2 N–H and O–H groups in total. The van der Waals surface area contributed by atoms with Crippen molar-refractivity contribution in [2.24, 2.45) is 0 Å². The Morgan fingerprint density at radius 2 is 1.95 bits per heavy atom. The number of carbonyl (C=O) groups excluding carboxylic acids is 1. The van der Waals surface area contributed by atoms with E-state index in [1.165, 1.54) is 0 Å². The number of ketones is 1. The fourth-order valence-corrected chi connectivity index (χ4v) is 2.09. The van der Waals surface area contributed by atoms with Crippen LogP contribution >= 0.6 is 0 Å². The summed E-state index contributed by atoms with van der Waals surface area (Å²) in [5, 5.41) is 0.886. The van der Waals surface area contributed by atoms with Crippen molar-refractivity contribution in [3.8, 4) is 5.75 Å². The molecule has 0 fully saturated rings. The molecule has 4 nitrogen and oxygen atoms in total. The second-order valence-electron chi connectivity index (χ2n) is 4.43. The fraction of sp³-hybridized carbons (Fsp3) is 0.0625. The number of nitrogen functional groups attached to an aromatic ring is 1.